The van der Waals surface area contributed by atoms with Crippen molar-refractivity contribution in [3.63, 3.8) is 0 Å². The number of fused-ring (bicyclic) bond motifs is 1. The van der Waals surface area contributed by atoms with Crippen LogP contribution in [0.5, 0.6) is 5.75 Å². The largest absolute Gasteiger partial charge is 0.496 e. The standard InChI is InChI=1S/C20H22N2O4S/c1-12-13(2)27-19-18(12)20(25)22(10-6-9-17(23)24)16(21-19)11-14-7-4-5-8-15(14)26-3/h4-5,7-8H,6,9-11H2,1-3H3,(H,23,24). The van der Waals surface area contributed by atoms with E-state index in [1.165, 1.54) is 11.3 Å². The number of carboxylic acid groups (broad SMARTS) is 1. The number of ether oxygens (including phenoxy) is 1. The maximum Gasteiger partial charge on any atom is 0.303 e. The zero-order chi connectivity index (χ0) is 19.6. The molecule has 7 heteroatoms. The van der Waals surface area contributed by atoms with E-state index >= 15 is 0 Å². The Hall–Kier alpha value is -2.67. The first kappa shape index (κ1) is 19.1. The highest BCUT2D eigenvalue weighted by molar-refractivity contribution is 7.18. The van der Waals surface area contributed by atoms with Gasteiger partial charge in [0.2, 0.25) is 0 Å². The van der Waals surface area contributed by atoms with Crippen LogP contribution in [0.15, 0.2) is 29.1 Å². The molecule has 0 radical (unpaired) electrons. The maximum atomic E-state index is 13.2. The van der Waals surface area contributed by atoms with Crippen LogP contribution < -0.4 is 10.3 Å². The van der Waals surface area contributed by atoms with Gasteiger partial charge in [0.1, 0.15) is 16.4 Å². The average Bonchev–Trinajstić information content (AvgIpc) is 2.92. The van der Waals surface area contributed by atoms with Gasteiger partial charge in [0.05, 0.1) is 12.5 Å². The normalized spacial score (nSPS) is 11.1. The molecule has 2 aromatic heterocycles. The second-order valence-corrected chi connectivity index (χ2v) is 7.64. The Balaban J connectivity index is 2.11. The lowest BCUT2D eigenvalue weighted by Crippen LogP contribution is -2.26. The van der Waals surface area contributed by atoms with Crippen molar-refractivity contribution in [3.05, 3.63) is 56.4 Å². The van der Waals surface area contributed by atoms with Gasteiger partial charge in [0.25, 0.3) is 5.56 Å². The summed E-state index contributed by atoms with van der Waals surface area (Å²) in [6.45, 7) is 4.24. The SMILES string of the molecule is COc1ccccc1Cc1nc2sc(C)c(C)c2c(=O)n1CCCC(=O)O. The number of hydrogen-bond acceptors (Lipinski definition) is 5. The molecule has 0 aliphatic heterocycles. The molecule has 0 atom stereocenters. The Kier molecular flexibility index (Phi) is 5.60. The number of methoxy groups -OCH3 is 1. The molecule has 1 aromatic carbocycles. The molecule has 1 N–H and O–H groups in total. The Morgan fingerprint density at radius 3 is 2.74 bits per heavy atom. The van der Waals surface area contributed by atoms with Crippen LogP contribution in [0.4, 0.5) is 0 Å². The summed E-state index contributed by atoms with van der Waals surface area (Å²) in [5.41, 5.74) is 1.78. The second kappa shape index (κ2) is 7.92. The van der Waals surface area contributed by atoms with Crippen molar-refractivity contribution < 1.29 is 14.6 Å². The highest BCUT2D eigenvalue weighted by Crippen LogP contribution is 2.27. The van der Waals surface area contributed by atoms with E-state index in [0.29, 0.717) is 30.6 Å². The van der Waals surface area contributed by atoms with E-state index in [1.54, 1.807) is 11.7 Å². The van der Waals surface area contributed by atoms with Gasteiger partial charge in [-0.15, -0.1) is 11.3 Å². The Morgan fingerprint density at radius 2 is 2.04 bits per heavy atom. The lowest BCUT2D eigenvalue weighted by molar-refractivity contribution is -0.137. The molecule has 0 saturated carbocycles. The number of para-hydroxylation sites is 1. The van der Waals surface area contributed by atoms with Crippen LogP contribution in [-0.4, -0.2) is 27.7 Å². The molecule has 3 aromatic rings. The summed E-state index contributed by atoms with van der Waals surface area (Å²) in [6.07, 6.45) is 0.835. The number of rotatable bonds is 7. The second-order valence-electron chi connectivity index (χ2n) is 6.43. The molecule has 0 spiro atoms. The third kappa shape index (κ3) is 3.88. The van der Waals surface area contributed by atoms with E-state index in [2.05, 4.69) is 0 Å². The van der Waals surface area contributed by atoms with Crippen LogP contribution in [0.25, 0.3) is 10.2 Å². The fraction of sp³-hybridized carbons (Fsp3) is 0.350. The van der Waals surface area contributed by atoms with Crippen LogP contribution in [0, 0.1) is 13.8 Å². The number of aliphatic carboxylic acids is 1. The smallest absolute Gasteiger partial charge is 0.303 e. The fourth-order valence-corrected chi connectivity index (χ4v) is 4.18. The summed E-state index contributed by atoms with van der Waals surface area (Å²) in [4.78, 5) is 30.6. The van der Waals surface area contributed by atoms with E-state index in [4.69, 9.17) is 14.8 Å². The number of carbonyl (C=O) groups is 1. The van der Waals surface area contributed by atoms with Crippen LogP contribution >= 0.6 is 11.3 Å². The molecular weight excluding hydrogens is 364 g/mol. The molecule has 27 heavy (non-hydrogen) atoms. The first-order valence-corrected chi connectivity index (χ1v) is 9.57. The number of nitrogens with zero attached hydrogens (tertiary/aromatic N) is 2. The first-order chi connectivity index (χ1) is 12.9. The van der Waals surface area contributed by atoms with Gasteiger partial charge in [-0.25, -0.2) is 4.98 Å². The highest BCUT2D eigenvalue weighted by Gasteiger charge is 2.17. The van der Waals surface area contributed by atoms with Crippen molar-refractivity contribution in [1.29, 1.82) is 0 Å². The molecule has 0 fully saturated rings. The van der Waals surface area contributed by atoms with Gasteiger partial charge in [0, 0.05) is 29.8 Å². The summed E-state index contributed by atoms with van der Waals surface area (Å²) in [5, 5.41) is 9.57. The van der Waals surface area contributed by atoms with Crippen LogP contribution in [0.2, 0.25) is 0 Å². The molecule has 0 aliphatic rings. The molecule has 3 rings (SSSR count). The molecule has 142 valence electrons. The monoisotopic (exact) mass is 386 g/mol. The quantitative estimate of drug-likeness (QED) is 0.672. The van der Waals surface area contributed by atoms with E-state index in [9.17, 15) is 9.59 Å². The van der Waals surface area contributed by atoms with Crippen molar-refractivity contribution in [1.82, 2.24) is 9.55 Å². The zero-order valence-electron chi connectivity index (χ0n) is 15.6. The first-order valence-electron chi connectivity index (χ1n) is 8.75. The Morgan fingerprint density at radius 1 is 1.30 bits per heavy atom. The van der Waals surface area contributed by atoms with Gasteiger partial charge in [0.15, 0.2) is 0 Å². The van der Waals surface area contributed by atoms with Crippen LogP contribution in [-0.2, 0) is 17.8 Å². The van der Waals surface area contributed by atoms with Gasteiger partial charge in [-0.05, 0) is 31.9 Å². The molecule has 0 amide bonds. The van der Waals surface area contributed by atoms with Crippen molar-refractivity contribution >= 4 is 27.5 Å². The number of aryl methyl sites for hydroxylation is 2. The van der Waals surface area contributed by atoms with Gasteiger partial charge in [-0.3, -0.25) is 14.2 Å². The minimum atomic E-state index is -0.870. The number of aromatic nitrogens is 2. The van der Waals surface area contributed by atoms with Gasteiger partial charge in [-0.2, -0.15) is 0 Å². The molecule has 2 heterocycles. The summed E-state index contributed by atoms with van der Waals surface area (Å²) in [7, 11) is 1.61. The van der Waals surface area contributed by atoms with Crippen LogP contribution in [0.3, 0.4) is 0 Å². The van der Waals surface area contributed by atoms with E-state index in [-0.39, 0.29) is 12.0 Å². The Labute approximate surface area is 161 Å². The lowest BCUT2D eigenvalue weighted by atomic mass is 10.1. The number of hydrogen-bond donors (Lipinski definition) is 1. The molecule has 6 nitrogen and oxygen atoms in total. The predicted molar refractivity (Wildman–Crippen MR) is 106 cm³/mol. The van der Waals surface area contributed by atoms with Crippen molar-refractivity contribution in [2.75, 3.05) is 7.11 Å². The fourth-order valence-electron chi connectivity index (χ4n) is 3.14. The average molecular weight is 386 g/mol. The third-order valence-corrected chi connectivity index (χ3v) is 5.78. The topological polar surface area (TPSA) is 81.4 Å². The van der Waals surface area contributed by atoms with Crippen LogP contribution in [0.1, 0.15) is 34.7 Å². The van der Waals surface area contributed by atoms with E-state index in [1.807, 2.05) is 38.1 Å². The number of thiophene rings is 1. The minimum Gasteiger partial charge on any atom is -0.496 e. The molecule has 0 saturated heterocycles. The van der Waals surface area contributed by atoms with Gasteiger partial charge >= 0.3 is 5.97 Å². The summed E-state index contributed by atoms with van der Waals surface area (Å²) >= 11 is 1.52. The molecular formula is C20H22N2O4S. The molecule has 0 unspecified atom stereocenters. The predicted octanol–water partition coefficient (Wildman–Crippen LogP) is 3.54. The third-order valence-electron chi connectivity index (χ3n) is 4.68. The maximum absolute atomic E-state index is 13.2. The summed E-state index contributed by atoms with van der Waals surface area (Å²) < 4.78 is 7.04. The summed E-state index contributed by atoms with van der Waals surface area (Å²) in [5.74, 6) is 0.497. The lowest BCUT2D eigenvalue weighted by Gasteiger charge is -2.14. The highest BCUT2D eigenvalue weighted by atomic mass is 32.1. The van der Waals surface area contributed by atoms with Crippen molar-refractivity contribution in [2.45, 2.75) is 39.7 Å². The number of carboxylic acids is 1. The minimum absolute atomic E-state index is 0.0141. The molecule has 0 aliphatic carbocycles. The van der Waals surface area contributed by atoms with Gasteiger partial charge < -0.3 is 9.84 Å². The van der Waals surface area contributed by atoms with E-state index in [0.717, 1.165) is 26.6 Å². The van der Waals surface area contributed by atoms with E-state index < -0.39 is 5.97 Å². The number of benzene rings is 1. The van der Waals surface area contributed by atoms with Crippen molar-refractivity contribution in [2.24, 2.45) is 0 Å². The molecule has 0 bridgehead atoms. The Bertz CT molecular complexity index is 1050. The zero-order valence-corrected chi connectivity index (χ0v) is 16.4. The van der Waals surface area contributed by atoms with Gasteiger partial charge in [-0.1, -0.05) is 18.2 Å². The van der Waals surface area contributed by atoms with Crippen molar-refractivity contribution in [3.8, 4) is 5.75 Å². The summed E-state index contributed by atoms with van der Waals surface area (Å²) in [6, 6.07) is 7.63.